The predicted octanol–water partition coefficient (Wildman–Crippen LogP) is 3.62. The van der Waals surface area contributed by atoms with Crippen LogP contribution in [0.5, 0.6) is 11.5 Å². The number of ether oxygens (including phenoxy) is 2. The standard InChI is InChI=1S/C25H34N4O4/c1-32-22-12-19-21(13-23(22)33-11-5-10-28-8-2-3-9-28)27-20-7-4-6-18(20)24(19)26-14-17-15-29(16-17)25(30)31/h12-13,17H,2-11,14-16H2,1H3,(H,26,27)(H,30,31). The van der Waals surface area contributed by atoms with Gasteiger partial charge in [0.2, 0.25) is 0 Å². The van der Waals surface area contributed by atoms with Gasteiger partial charge in [-0.05, 0) is 63.2 Å². The molecule has 5 rings (SSSR count). The van der Waals surface area contributed by atoms with Crippen LogP contribution in [0.2, 0.25) is 0 Å². The fourth-order valence-corrected chi connectivity index (χ4v) is 5.32. The second-order valence-corrected chi connectivity index (χ2v) is 9.47. The summed E-state index contributed by atoms with van der Waals surface area (Å²) < 4.78 is 11.8. The van der Waals surface area contributed by atoms with E-state index in [2.05, 4.69) is 10.2 Å². The Morgan fingerprint density at radius 2 is 2.00 bits per heavy atom. The zero-order valence-corrected chi connectivity index (χ0v) is 19.4. The quantitative estimate of drug-likeness (QED) is 0.560. The number of aromatic nitrogens is 1. The Bertz CT molecular complexity index is 1020. The Kier molecular flexibility index (Phi) is 6.44. The number of carbonyl (C=O) groups is 1. The van der Waals surface area contributed by atoms with Gasteiger partial charge in [0, 0.05) is 54.9 Å². The SMILES string of the molecule is COc1cc2c(NCC3CN(C(=O)O)C3)c3c(nc2cc1OCCCN1CCCC1)CCC3. The lowest BCUT2D eigenvalue weighted by atomic mass is 10.00. The van der Waals surface area contributed by atoms with Crippen LogP contribution in [0.15, 0.2) is 12.1 Å². The maximum atomic E-state index is 11.1. The van der Waals surface area contributed by atoms with E-state index in [-0.39, 0.29) is 0 Å². The number of methoxy groups -OCH3 is 1. The van der Waals surface area contributed by atoms with E-state index in [0.29, 0.717) is 25.6 Å². The topological polar surface area (TPSA) is 87.2 Å². The van der Waals surface area contributed by atoms with Crippen molar-refractivity contribution in [3.05, 3.63) is 23.4 Å². The minimum atomic E-state index is -0.834. The summed E-state index contributed by atoms with van der Waals surface area (Å²) >= 11 is 0. The van der Waals surface area contributed by atoms with Gasteiger partial charge in [0.05, 0.1) is 19.2 Å². The maximum absolute atomic E-state index is 11.1. The number of carboxylic acid groups (broad SMARTS) is 1. The minimum absolute atomic E-state index is 0.335. The smallest absolute Gasteiger partial charge is 0.407 e. The number of benzene rings is 1. The van der Waals surface area contributed by atoms with Crippen LogP contribution in [-0.2, 0) is 12.8 Å². The number of aryl methyl sites for hydroxylation is 1. The van der Waals surface area contributed by atoms with E-state index in [9.17, 15) is 4.79 Å². The second kappa shape index (κ2) is 9.63. The molecule has 178 valence electrons. The highest BCUT2D eigenvalue weighted by Gasteiger charge is 2.31. The van der Waals surface area contributed by atoms with Gasteiger partial charge in [-0.25, -0.2) is 4.79 Å². The Morgan fingerprint density at radius 1 is 1.18 bits per heavy atom. The molecule has 2 aromatic rings. The summed E-state index contributed by atoms with van der Waals surface area (Å²) in [5, 5.41) is 13.8. The average Bonchev–Trinajstić information content (AvgIpc) is 3.46. The summed E-state index contributed by atoms with van der Waals surface area (Å²) in [6.07, 6.45) is 5.91. The summed E-state index contributed by atoms with van der Waals surface area (Å²) in [5.74, 6) is 1.81. The highest BCUT2D eigenvalue weighted by Crippen LogP contribution is 2.40. The van der Waals surface area contributed by atoms with Gasteiger partial charge in [-0.3, -0.25) is 4.98 Å². The molecular weight excluding hydrogens is 420 g/mol. The zero-order chi connectivity index (χ0) is 22.8. The molecule has 0 spiro atoms. The number of nitrogens with zero attached hydrogens (tertiary/aromatic N) is 3. The van der Waals surface area contributed by atoms with Crippen LogP contribution in [0.1, 0.15) is 36.9 Å². The van der Waals surface area contributed by atoms with Crippen molar-refractivity contribution in [3.63, 3.8) is 0 Å². The van der Waals surface area contributed by atoms with Crippen LogP contribution in [0.3, 0.4) is 0 Å². The number of amides is 1. The molecule has 1 amide bonds. The van der Waals surface area contributed by atoms with Crippen molar-refractivity contribution in [3.8, 4) is 11.5 Å². The monoisotopic (exact) mass is 454 g/mol. The van der Waals surface area contributed by atoms with E-state index >= 15 is 0 Å². The first kappa shape index (κ1) is 22.1. The molecule has 2 N–H and O–H groups in total. The zero-order valence-electron chi connectivity index (χ0n) is 19.4. The Morgan fingerprint density at radius 3 is 2.76 bits per heavy atom. The largest absolute Gasteiger partial charge is 0.493 e. The van der Waals surface area contributed by atoms with Crippen molar-refractivity contribution < 1.29 is 19.4 Å². The van der Waals surface area contributed by atoms with Gasteiger partial charge >= 0.3 is 6.09 Å². The van der Waals surface area contributed by atoms with Crippen molar-refractivity contribution in [2.24, 2.45) is 5.92 Å². The van der Waals surface area contributed by atoms with Crippen molar-refractivity contribution in [1.29, 1.82) is 0 Å². The number of anilines is 1. The third kappa shape index (κ3) is 4.67. The number of rotatable bonds is 9. The lowest BCUT2D eigenvalue weighted by Gasteiger charge is -2.37. The highest BCUT2D eigenvalue weighted by atomic mass is 16.5. The first-order valence-electron chi connectivity index (χ1n) is 12.2. The van der Waals surface area contributed by atoms with Gasteiger partial charge in [-0.1, -0.05) is 0 Å². The molecule has 2 saturated heterocycles. The molecule has 1 aliphatic carbocycles. The number of hydrogen-bond acceptors (Lipinski definition) is 6. The van der Waals surface area contributed by atoms with Crippen LogP contribution in [0.25, 0.3) is 10.9 Å². The van der Waals surface area contributed by atoms with Gasteiger partial charge < -0.3 is 29.7 Å². The first-order chi connectivity index (χ1) is 16.1. The molecule has 0 bridgehead atoms. The highest BCUT2D eigenvalue weighted by molar-refractivity contribution is 5.96. The van der Waals surface area contributed by atoms with Crippen molar-refractivity contribution in [2.45, 2.75) is 38.5 Å². The van der Waals surface area contributed by atoms with Gasteiger partial charge in [0.15, 0.2) is 11.5 Å². The molecule has 2 aliphatic heterocycles. The lowest BCUT2D eigenvalue weighted by molar-refractivity contribution is 0.0864. The molecule has 0 atom stereocenters. The summed E-state index contributed by atoms with van der Waals surface area (Å²) in [6, 6.07) is 4.06. The minimum Gasteiger partial charge on any atom is -0.493 e. The molecule has 3 heterocycles. The van der Waals surface area contributed by atoms with Crippen LogP contribution in [0.4, 0.5) is 10.5 Å². The molecule has 0 saturated carbocycles. The van der Waals surface area contributed by atoms with E-state index in [1.54, 1.807) is 7.11 Å². The number of fused-ring (bicyclic) bond motifs is 2. The van der Waals surface area contributed by atoms with E-state index in [1.165, 1.54) is 36.4 Å². The molecule has 1 aromatic heterocycles. The van der Waals surface area contributed by atoms with Crippen LogP contribution >= 0.6 is 0 Å². The van der Waals surface area contributed by atoms with Gasteiger partial charge in [-0.15, -0.1) is 0 Å². The lowest BCUT2D eigenvalue weighted by Crippen LogP contribution is -2.51. The average molecular weight is 455 g/mol. The maximum Gasteiger partial charge on any atom is 0.407 e. The third-order valence-corrected chi connectivity index (χ3v) is 7.17. The van der Waals surface area contributed by atoms with Crippen LogP contribution in [0, 0.1) is 5.92 Å². The van der Waals surface area contributed by atoms with E-state index < -0.39 is 6.09 Å². The van der Waals surface area contributed by atoms with Crippen molar-refractivity contribution in [2.75, 3.05) is 58.3 Å². The van der Waals surface area contributed by atoms with Gasteiger partial charge in [-0.2, -0.15) is 0 Å². The molecule has 1 aromatic carbocycles. The molecule has 2 fully saturated rings. The number of pyridine rings is 1. The number of hydrogen-bond donors (Lipinski definition) is 2. The normalized spacial score (nSPS) is 18.4. The first-order valence-corrected chi connectivity index (χ1v) is 12.2. The Balaban J connectivity index is 1.32. The fourth-order valence-electron chi connectivity index (χ4n) is 5.32. The number of nitrogens with one attached hydrogen (secondary N) is 1. The molecule has 0 unspecified atom stereocenters. The fraction of sp³-hybridized carbons (Fsp3) is 0.600. The summed E-state index contributed by atoms with van der Waals surface area (Å²) in [7, 11) is 1.68. The van der Waals surface area contributed by atoms with Crippen molar-refractivity contribution in [1.82, 2.24) is 14.8 Å². The predicted molar refractivity (Wildman–Crippen MR) is 128 cm³/mol. The van der Waals surface area contributed by atoms with Gasteiger partial charge in [0.25, 0.3) is 0 Å². The van der Waals surface area contributed by atoms with Crippen LogP contribution in [-0.4, -0.2) is 79.0 Å². The molecule has 33 heavy (non-hydrogen) atoms. The molecule has 3 aliphatic rings. The van der Waals surface area contributed by atoms with Crippen LogP contribution < -0.4 is 14.8 Å². The van der Waals surface area contributed by atoms with E-state index in [0.717, 1.165) is 72.6 Å². The van der Waals surface area contributed by atoms with E-state index in [4.69, 9.17) is 19.6 Å². The third-order valence-electron chi connectivity index (χ3n) is 7.17. The summed E-state index contributed by atoms with van der Waals surface area (Å²) in [5.41, 5.74) is 4.50. The summed E-state index contributed by atoms with van der Waals surface area (Å²) in [6.45, 7) is 6.09. The molecular formula is C25H34N4O4. The van der Waals surface area contributed by atoms with E-state index in [1.807, 2.05) is 12.1 Å². The summed E-state index contributed by atoms with van der Waals surface area (Å²) in [4.78, 5) is 20.0. The number of likely N-dealkylation sites (tertiary alicyclic amines) is 2. The molecule has 8 nitrogen and oxygen atoms in total. The Hall–Kier alpha value is -2.74. The second-order valence-electron chi connectivity index (χ2n) is 9.47. The molecule has 0 radical (unpaired) electrons. The van der Waals surface area contributed by atoms with Gasteiger partial charge in [0.1, 0.15) is 0 Å². The van der Waals surface area contributed by atoms with Crippen molar-refractivity contribution >= 4 is 22.7 Å². The Labute approximate surface area is 194 Å². The molecule has 8 heteroatoms.